The topological polar surface area (TPSA) is 101 Å². The van der Waals surface area contributed by atoms with Crippen LogP contribution in [0, 0.1) is 0 Å². The summed E-state index contributed by atoms with van der Waals surface area (Å²) < 4.78 is 130. The fraction of sp³-hybridized carbons (Fsp3) is 0.634. The van der Waals surface area contributed by atoms with Crippen molar-refractivity contribution in [3.63, 3.8) is 0 Å². The minimum atomic E-state index is -9.19. The molecule has 0 bridgehead atoms. The van der Waals surface area contributed by atoms with Gasteiger partial charge in [-0.1, -0.05) is 66.7 Å². The van der Waals surface area contributed by atoms with E-state index in [1.165, 1.54) is 64.2 Å². The van der Waals surface area contributed by atoms with E-state index in [1.807, 2.05) is 35.2 Å². The van der Waals surface area contributed by atoms with Crippen molar-refractivity contribution in [1.82, 2.24) is 22.8 Å². The second kappa shape index (κ2) is 41.3. The number of hydrogen-bond acceptors (Lipinski definition) is 3. The fourth-order valence-electron chi connectivity index (χ4n) is 4.87. The van der Waals surface area contributed by atoms with Crippen LogP contribution in [0.15, 0.2) is 93.6 Å². The van der Waals surface area contributed by atoms with Crippen molar-refractivity contribution in [3.8, 4) is 0 Å². The first-order chi connectivity index (χ1) is 29.6. The molecule has 13 nitrogen and oxygen atoms in total. The molecule has 0 aliphatic rings. The molecule has 27 heteroatoms. The first kappa shape index (κ1) is 77.1. The molecule has 0 aliphatic carbocycles. The summed E-state index contributed by atoms with van der Waals surface area (Å²) in [5.74, 6) is 0. The Bertz CT molecular complexity index is 1760. The van der Waals surface area contributed by atoms with Crippen molar-refractivity contribution in [1.29, 1.82) is 0 Å². The normalized spacial score (nSPS) is 10.8. The zero-order valence-corrected chi connectivity index (χ0v) is 48.7. The van der Waals surface area contributed by atoms with Gasteiger partial charge in [-0.2, -0.15) is 13.2 Å². The number of imidazole rings is 5. The number of hydrogen-bond donors (Lipinski definition) is 0. The number of alkyl halides is 3. The Balaban J connectivity index is -0.000000164. The molecule has 0 saturated heterocycles. The first-order valence-corrected chi connectivity index (χ1v) is 27.5. The smallest absolute Gasteiger partial charge is 1.00 e. The van der Waals surface area contributed by atoms with Gasteiger partial charge in [0, 0.05) is 0 Å². The molecule has 0 amide bonds. The van der Waals surface area contributed by atoms with E-state index in [1.54, 1.807) is 0 Å². The molecule has 0 atom stereocenters. The average Bonchev–Trinajstić information content (AvgIpc) is 4.05. The van der Waals surface area contributed by atoms with Gasteiger partial charge in [-0.3, -0.25) is 0 Å². The van der Waals surface area contributed by atoms with Crippen LogP contribution in [0.2, 0.25) is 0 Å². The van der Waals surface area contributed by atoms with Crippen LogP contribution in [-0.4, -0.2) is 61.6 Å². The number of halogens is 12. The Morgan fingerprint density at radius 3 is 0.676 bits per heavy atom. The van der Waals surface area contributed by atoms with Crippen LogP contribution in [-0.2, 0) is 78.1 Å². The zero-order chi connectivity index (χ0) is 49.4. The summed E-state index contributed by atoms with van der Waals surface area (Å²) in [6.45, 7) is 16.8. The van der Waals surface area contributed by atoms with Crippen LogP contribution in [0.5, 0.6) is 0 Å². The number of rotatable bonds is 15. The second-order valence-corrected chi connectivity index (χ2v) is 19.9. The minimum Gasteiger partial charge on any atom is -1.00 e. The molecular weight excluding hydrogens is 1250 g/mol. The third kappa shape index (κ3) is 48.7. The SMILES string of the molecule is CCCCn1cc[n+](C)c1.CCCCn1cc[n+](C)c1.CCCCn1cc[n+](C)c1.CCCCn1cc[n+](C)c1.CCCCn1cc[n+](C)c1.O=S(=O)([O-])C(F)(F)F.[Br-].[Cl-].[F-].[F][Sb]([F])([F])([F])[F].[I-]. The van der Waals surface area contributed by atoms with E-state index in [0.29, 0.717) is 0 Å². The van der Waals surface area contributed by atoms with Crippen LogP contribution < -0.4 is 80.9 Å². The molecule has 0 spiro atoms. The summed E-state index contributed by atoms with van der Waals surface area (Å²) >= 11 is -9.19. The van der Waals surface area contributed by atoms with Crippen molar-refractivity contribution in [2.75, 3.05) is 0 Å². The van der Waals surface area contributed by atoms with Gasteiger partial charge in [-0.15, -0.1) is 0 Å². The maximum absolute atomic E-state index is 10.7. The van der Waals surface area contributed by atoms with E-state index in [2.05, 4.69) is 174 Å². The summed E-state index contributed by atoms with van der Waals surface area (Å²) in [7, 11) is 4.13. The van der Waals surface area contributed by atoms with E-state index in [9.17, 15) is 27.2 Å². The molecule has 402 valence electrons. The van der Waals surface area contributed by atoms with Gasteiger partial charge in [-0.05, 0) is 32.1 Å². The van der Waals surface area contributed by atoms with Crippen LogP contribution in [0.1, 0.15) is 98.8 Å². The minimum absolute atomic E-state index is 0. The zero-order valence-electron chi connectivity index (χ0n) is 40.9. The molecule has 0 saturated carbocycles. The molecule has 0 unspecified atom stereocenters. The summed E-state index contributed by atoms with van der Waals surface area (Å²) in [5.41, 5.74) is -5.65. The predicted molar refractivity (Wildman–Crippen MR) is 230 cm³/mol. The summed E-state index contributed by atoms with van der Waals surface area (Å²) in [6, 6.07) is 0. The number of aromatic nitrogens is 10. The molecule has 5 rings (SSSR count). The Hall–Kier alpha value is -2.35. The van der Waals surface area contributed by atoms with Gasteiger partial charge in [0.25, 0.3) is 0 Å². The van der Waals surface area contributed by atoms with Gasteiger partial charge >= 0.3 is 39.9 Å². The van der Waals surface area contributed by atoms with Crippen LogP contribution in [0.25, 0.3) is 0 Å². The van der Waals surface area contributed by atoms with Crippen LogP contribution in [0.4, 0.5) is 27.2 Å². The van der Waals surface area contributed by atoms with Crippen LogP contribution in [0.3, 0.4) is 0 Å². The van der Waals surface area contributed by atoms with E-state index in [4.69, 9.17) is 13.0 Å². The molecule has 5 heterocycles. The largest absolute Gasteiger partial charge is 1.00 e. The fourth-order valence-corrected chi connectivity index (χ4v) is 4.87. The average molecular weight is 1320 g/mol. The van der Waals surface area contributed by atoms with Gasteiger partial charge in [0.05, 0.1) is 68.0 Å². The molecular formula is C41H75BrClF9IN10O3SSb. The number of nitrogens with zero attached hydrogens (tertiary/aromatic N) is 10. The molecule has 5 aromatic heterocycles. The first-order valence-electron chi connectivity index (χ1n) is 21.3. The third-order valence-corrected chi connectivity index (χ3v) is 8.82. The van der Waals surface area contributed by atoms with E-state index in [0.717, 1.165) is 32.7 Å². The Morgan fingerprint density at radius 1 is 0.471 bits per heavy atom. The van der Waals surface area contributed by atoms with Crippen molar-refractivity contribution >= 4 is 30.4 Å². The number of aryl methyl sites for hydroxylation is 10. The molecule has 0 aliphatic heterocycles. The molecule has 0 radical (unpaired) electrons. The van der Waals surface area contributed by atoms with Gasteiger partial charge in [0.15, 0.2) is 10.1 Å². The summed E-state index contributed by atoms with van der Waals surface area (Å²) in [6.07, 6.45) is 44.1. The van der Waals surface area contributed by atoms with Crippen molar-refractivity contribution in [2.24, 2.45) is 35.2 Å². The van der Waals surface area contributed by atoms with Gasteiger partial charge in [-0.25, -0.2) is 54.1 Å². The van der Waals surface area contributed by atoms with Gasteiger partial charge in [0.1, 0.15) is 62.0 Å². The maximum atomic E-state index is 10.7. The van der Waals surface area contributed by atoms with Crippen molar-refractivity contribution < 1.29 is 121 Å². The number of unbranched alkanes of at least 4 members (excludes halogenated alkanes) is 5. The summed E-state index contributed by atoms with van der Waals surface area (Å²) in [4.78, 5) is 0. The maximum Gasteiger partial charge on any atom is -1.00 e. The molecule has 0 N–H and O–H groups in total. The van der Waals surface area contributed by atoms with Crippen LogP contribution >= 0.6 is 0 Å². The standard InChI is InChI=1S/5C8H15N2.CHF3O3S.BrH.ClH.6FH.HI.Sb/c5*1-3-4-5-10-7-6-9(2)8-10;2-1(3,4)8(5,6)7;;;;;;;;;;/h5*6-8H,3-5H2,1-2H3;(H,5,6,7);9*1H;/q5*+1;;;;;;;;;;;+5/p-10. The third-order valence-electron chi connectivity index (χ3n) is 8.25. The molecule has 5 aromatic rings. The van der Waals surface area contributed by atoms with Crippen molar-refractivity contribution in [3.05, 3.63) is 93.6 Å². The van der Waals surface area contributed by atoms with Gasteiger partial charge in [0.2, 0.25) is 31.6 Å². The Kier molecular flexibility index (Phi) is 46.8. The Labute approximate surface area is 437 Å². The monoisotopic (exact) mass is 1320 g/mol. The molecule has 0 aromatic carbocycles. The quantitative estimate of drug-likeness (QED) is 0.0264. The van der Waals surface area contributed by atoms with Gasteiger partial charge < -0.3 is 62.6 Å². The van der Waals surface area contributed by atoms with E-state index < -0.39 is 35.9 Å². The van der Waals surface area contributed by atoms with Crippen molar-refractivity contribution in [2.45, 2.75) is 137 Å². The Morgan fingerprint density at radius 2 is 0.603 bits per heavy atom. The predicted octanol–water partition coefficient (Wildman–Crippen LogP) is -4.65. The van der Waals surface area contributed by atoms with E-state index in [-0.39, 0.29) is 58.1 Å². The molecule has 68 heavy (non-hydrogen) atoms. The van der Waals surface area contributed by atoms with E-state index >= 15 is 0 Å². The molecule has 0 fully saturated rings. The second-order valence-electron chi connectivity index (χ2n) is 14.9. The summed E-state index contributed by atoms with van der Waals surface area (Å²) in [5, 5.41) is 0.